The lowest BCUT2D eigenvalue weighted by Gasteiger charge is -2.50. The van der Waals surface area contributed by atoms with Crippen LogP contribution in [0, 0.1) is 5.41 Å². The van der Waals surface area contributed by atoms with Gasteiger partial charge in [-0.3, -0.25) is 0 Å². The Labute approximate surface area is 73.6 Å². The highest BCUT2D eigenvalue weighted by Gasteiger charge is 2.46. The first-order valence-corrected chi connectivity index (χ1v) is 5.85. The van der Waals surface area contributed by atoms with E-state index in [1.807, 2.05) is 13.8 Å². The van der Waals surface area contributed by atoms with Gasteiger partial charge in [0.15, 0.2) is 0 Å². The number of nitrogens with one attached hydrogen (secondary N) is 1. The minimum atomic E-state index is -3.08. The van der Waals surface area contributed by atoms with E-state index < -0.39 is 10.0 Å². The van der Waals surface area contributed by atoms with Gasteiger partial charge in [-0.15, -0.1) is 0 Å². The number of rotatable bonds is 2. The van der Waals surface area contributed by atoms with E-state index in [0.717, 1.165) is 6.42 Å². The van der Waals surface area contributed by atoms with Crippen molar-refractivity contribution in [3.8, 4) is 0 Å². The zero-order valence-electron chi connectivity index (χ0n) is 7.66. The molecule has 1 rings (SSSR count). The predicted molar refractivity (Wildman–Crippen MR) is 48.1 cm³/mol. The van der Waals surface area contributed by atoms with Gasteiger partial charge in [-0.25, -0.2) is 13.1 Å². The molecule has 3 N–H and O–H groups in total. The molecule has 0 saturated heterocycles. The summed E-state index contributed by atoms with van der Waals surface area (Å²) in [6.07, 6.45) is 1.91. The molecular weight excluding hydrogens is 176 g/mol. The largest absolute Gasteiger partial charge is 0.327 e. The quantitative estimate of drug-likeness (QED) is 0.629. The van der Waals surface area contributed by atoms with Crippen molar-refractivity contribution in [2.75, 3.05) is 6.26 Å². The summed E-state index contributed by atoms with van der Waals surface area (Å²) >= 11 is 0. The molecule has 5 heteroatoms. The third-order valence-electron chi connectivity index (χ3n) is 2.70. The summed E-state index contributed by atoms with van der Waals surface area (Å²) in [4.78, 5) is 0. The van der Waals surface area contributed by atoms with E-state index in [2.05, 4.69) is 4.72 Å². The highest BCUT2D eigenvalue weighted by molar-refractivity contribution is 7.88. The van der Waals surface area contributed by atoms with Gasteiger partial charge in [0.25, 0.3) is 0 Å². The smallest absolute Gasteiger partial charge is 0.208 e. The van der Waals surface area contributed by atoms with Crippen LogP contribution in [0.5, 0.6) is 0 Å². The fourth-order valence-electron chi connectivity index (χ4n) is 1.42. The zero-order chi connectivity index (χ0) is 9.57. The Kier molecular flexibility index (Phi) is 2.22. The molecule has 0 aliphatic heterocycles. The maximum absolute atomic E-state index is 10.9. The molecule has 0 aromatic carbocycles. The Morgan fingerprint density at radius 3 is 2.25 bits per heavy atom. The van der Waals surface area contributed by atoms with Crippen LogP contribution in [0.25, 0.3) is 0 Å². The first kappa shape index (κ1) is 9.95. The van der Waals surface area contributed by atoms with Gasteiger partial charge in [-0.2, -0.15) is 0 Å². The maximum atomic E-state index is 10.9. The van der Waals surface area contributed by atoms with Crippen LogP contribution in [0.15, 0.2) is 0 Å². The van der Waals surface area contributed by atoms with E-state index in [-0.39, 0.29) is 17.5 Å². The fraction of sp³-hybridized carbons (Fsp3) is 1.00. The van der Waals surface area contributed by atoms with Crippen LogP contribution in [-0.2, 0) is 10.0 Å². The molecule has 0 spiro atoms. The lowest BCUT2D eigenvalue weighted by molar-refractivity contribution is 0.0905. The van der Waals surface area contributed by atoms with Crippen molar-refractivity contribution in [1.82, 2.24) is 4.72 Å². The molecule has 2 atom stereocenters. The Bertz CT molecular complexity index is 271. The van der Waals surface area contributed by atoms with Crippen LogP contribution in [0.2, 0.25) is 0 Å². The van der Waals surface area contributed by atoms with Crippen molar-refractivity contribution in [3.63, 3.8) is 0 Å². The highest BCUT2D eigenvalue weighted by Crippen LogP contribution is 2.39. The van der Waals surface area contributed by atoms with Gasteiger partial charge in [0.05, 0.1) is 6.26 Å². The van der Waals surface area contributed by atoms with Gasteiger partial charge in [0.2, 0.25) is 10.0 Å². The van der Waals surface area contributed by atoms with E-state index in [1.54, 1.807) is 0 Å². The third-order valence-corrected chi connectivity index (χ3v) is 3.41. The van der Waals surface area contributed by atoms with Gasteiger partial charge >= 0.3 is 0 Å². The van der Waals surface area contributed by atoms with Gasteiger partial charge < -0.3 is 5.73 Å². The number of hydrogen-bond acceptors (Lipinski definition) is 3. The van der Waals surface area contributed by atoms with Crippen molar-refractivity contribution < 1.29 is 8.42 Å². The zero-order valence-corrected chi connectivity index (χ0v) is 8.48. The summed E-state index contributed by atoms with van der Waals surface area (Å²) in [6, 6.07) is 0.110. The summed E-state index contributed by atoms with van der Waals surface area (Å²) in [7, 11) is -3.08. The molecule has 0 aromatic rings. The summed E-state index contributed by atoms with van der Waals surface area (Å²) in [5, 5.41) is 0. The van der Waals surface area contributed by atoms with E-state index in [0.29, 0.717) is 0 Å². The van der Waals surface area contributed by atoms with Crippen molar-refractivity contribution >= 4 is 10.0 Å². The molecule has 1 aliphatic rings. The van der Waals surface area contributed by atoms with Gasteiger partial charge in [0.1, 0.15) is 0 Å². The average Bonchev–Trinajstić information content (AvgIpc) is 1.84. The molecule has 1 fully saturated rings. The normalized spacial score (nSPS) is 34.3. The minimum absolute atomic E-state index is 0.00231. The first-order chi connectivity index (χ1) is 5.23. The highest BCUT2D eigenvalue weighted by atomic mass is 32.2. The molecule has 0 aromatic heterocycles. The summed E-state index contributed by atoms with van der Waals surface area (Å²) in [5.41, 5.74) is 5.62. The van der Waals surface area contributed by atoms with Crippen LogP contribution in [-0.4, -0.2) is 26.8 Å². The van der Waals surface area contributed by atoms with Crippen molar-refractivity contribution in [1.29, 1.82) is 0 Å². The van der Waals surface area contributed by atoms with E-state index >= 15 is 0 Å². The lowest BCUT2D eigenvalue weighted by atomic mass is 9.64. The van der Waals surface area contributed by atoms with Crippen LogP contribution in [0.4, 0.5) is 0 Å². The molecule has 2 unspecified atom stereocenters. The molecule has 4 nitrogen and oxygen atoms in total. The summed E-state index contributed by atoms with van der Waals surface area (Å²) < 4.78 is 24.3. The second-order valence-electron chi connectivity index (χ2n) is 4.11. The number of nitrogens with two attached hydrogens (primary N) is 1. The van der Waals surface area contributed by atoms with Crippen molar-refractivity contribution in [2.45, 2.75) is 32.4 Å². The van der Waals surface area contributed by atoms with Crippen LogP contribution in [0.3, 0.4) is 0 Å². The molecule has 0 radical (unpaired) electrons. The Morgan fingerprint density at radius 1 is 1.50 bits per heavy atom. The summed E-state index contributed by atoms with van der Waals surface area (Å²) in [6.45, 7) is 3.95. The Balaban J connectivity index is 2.60. The predicted octanol–water partition coefficient (Wildman–Crippen LogP) is -0.339. The molecular formula is C7H16N2O2S. The second kappa shape index (κ2) is 2.68. The van der Waals surface area contributed by atoms with Gasteiger partial charge in [-0.05, 0) is 11.8 Å². The van der Waals surface area contributed by atoms with Gasteiger partial charge in [-0.1, -0.05) is 13.8 Å². The molecule has 0 bridgehead atoms. The lowest BCUT2D eigenvalue weighted by Crippen LogP contribution is -2.64. The van der Waals surface area contributed by atoms with E-state index in [4.69, 9.17) is 5.73 Å². The van der Waals surface area contributed by atoms with E-state index in [9.17, 15) is 8.42 Å². The molecule has 0 heterocycles. The van der Waals surface area contributed by atoms with E-state index in [1.165, 1.54) is 6.26 Å². The minimum Gasteiger partial charge on any atom is -0.327 e. The van der Waals surface area contributed by atoms with Gasteiger partial charge in [0, 0.05) is 12.1 Å². The topological polar surface area (TPSA) is 72.2 Å². The number of hydrogen-bond donors (Lipinski definition) is 2. The number of sulfonamides is 1. The average molecular weight is 192 g/mol. The molecule has 1 aliphatic carbocycles. The summed E-state index contributed by atoms with van der Waals surface area (Å²) in [5.74, 6) is 0. The Morgan fingerprint density at radius 2 is 2.00 bits per heavy atom. The van der Waals surface area contributed by atoms with Crippen LogP contribution >= 0.6 is 0 Å². The third kappa shape index (κ3) is 1.78. The monoisotopic (exact) mass is 192 g/mol. The molecule has 1 saturated carbocycles. The standard InChI is InChI=1S/C7H16N2O2S/c1-7(2)5(8)4-6(7)9-12(3,10)11/h5-6,9H,4,8H2,1-3H3. The SMILES string of the molecule is CC1(C)C(N)CC1NS(C)(=O)=O. The molecule has 72 valence electrons. The molecule has 12 heavy (non-hydrogen) atoms. The maximum Gasteiger partial charge on any atom is 0.208 e. The second-order valence-corrected chi connectivity index (χ2v) is 5.89. The molecule has 0 amide bonds. The Hall–Kier alpha value is -0.130. The fourth-order valence-corrected chi connectivity index (χ4v) is 2.33. The first-order valence-electron chi connectivity index (χ1n) is 3.96. The van der Waals surface area contributed by atoms with Crippen LogP contribution < -0.4 is 10.5 Å². The van der Waals surface area contributed by atoms with Crippen LogP contribution in [0.1, 0.15) is 20.3 Å². The van der Waals surface area contributed by atoms with Crippen molar-refractivity contribution in [2.24, 2.45) is 11.1 Å². The van der Waals surface area contributed by atoms with Crippen molar-refractivity contribution in [3.05, 3.63) is 0 Å².